The van der Waals surface area contributed by atoms with Crippen LogP contribution >= 0.6 is 0 Å². The molecule has 51 heavy (non-hydrogen) atoms. The van der Waals surface area contributed by atoms with Crippen LogP contribution in [0.25, 0.3) is 66.1 Å². The maximum atomic E-state index is 2.42. The van der Waals surface area contributed by atoms with Gasteiger partial charge in [0.25, 0.3) is 0 Å². The van der Waals surface area contributed by atoms with Crippen LogP contribution in [0.2, 0.25) is 0 Å². The van der Waals surface area contributed by atoms with Gasteiger partial charge in [-0.05, 0) is 96.9 Å². The molecule has 0 aromatic heterocycles. The molecule has 0 radical (unpaired) electrons. The Morgan fingerprint density at radius 1 is 0.275 bits per heavy atom. The highest BCUT2D eigenvalue weighted by Gasteiger charge is 2.23. The second-order valence-electron chi connectivity index (χ2n) is 12.9. The monoisotopic (exact) mass is 649 g/mol. The molecule has 0 N–H and O–H groups in total. The Morgan fingerprint density at radius 3 is 1.51 bits per heavy atom. The lowest BCUT2D eigenvalue weighted by Crippen LogP contribution is -2.12. The van der Waals surface area contributed by atoms with E-state index in [0.29, 0.717) is 0 Å². The summed E-state index contributed by atoms with van der Waals surface area (Å²) in [6, 6.07) is 76.7. The van der Waals surface area contributed by atoms with Gasteiger partial charge in [0.05, 0.1) is 5.69 Å². The molecule has 240 valence electrons. The van der Waals surface area contributed by atoms with Crippen molar-refractivity contribution in [3.8, 4) is 44.5 Å². The summed E-state index contributed by atoms with van der Waals surface area (Å²) in [5.41, 5.74) is 12.9. The number of hydrogen-bond donors (Lipinski definition) is 0. The van der Waals surface area contributed by atoms with Crippen LogP contribution in [0.1, 0.15) is 0 Å². The Morgan fingerprint density at radius 2 is 0.784 bits per heavy atom. The third-order valence-electron chi connectivity index (χ3n) is 9.85. The largest absolute Gasteiger partial charge is 0.310 e. The molecule has 1 heteroatoms. The van der Waals surface area contributed by atoms with Crippen LogP contribution in [0.15, 0.2) is 212 Å². The van der Waals surface area contributed by atoms with Crippen LogP contribution in [0.3, 0.4) is 0 Å². The molecule has 9 aromatic carbocycles. The predicted molar refractivity (Wildman–Crippen MR) is 218 cm³/mol. The number of fused-ring (bicyclic) bond motifs is 3. The van der Waals surface area contributed by atoms with Crippen LogP contribution in [-0.2, 0) is 0 Å². The molecule has 0 aliphatic carbocycles. The molecule has 0 atom stereocenters. The molecule has 0 spiro atoms. The lowest BCUT2D eigenvalue weighted by atomic mass is 9.87. The molecule has 0 heterocycles. The Hall–Kier alpha value is -6.70. The fraction of sp³-hybridized carbons (Fsp3) is 0. The van der Waals surface area contributed by atoms with E-state index in [1.165, 1.54) is 66.1 Å². The highest BCUT2D eigenvalue weighted by Crippen LogP contribution is 2.48. The molecule has 0 unspecified atom stereocenters. The van der Waals surface area contributed by atoms with E-state index in [2.05, 4.69) is 217 Å². The fourth-order valence-corrected chi connectivity index (χ4v) is 7.44. The van der Waals surface area contributed by atoms with Gasteiger partial charge in [-0.15, -0.1) is 0 Å². The van der Waals surface area contributed by atoms with E-state index in [4.69, 9.17) is 0 Å². The zero-order valence-electron chi connectivity index (χ0n) is 28.2. The van der Waals surface area contributed by atoms with Gasteiger partial charge >= 0.3 is 0 Å². The van der Waals surface area contributed by atoms with Crippen LogP contribution in [-0.4, -0.2) is 0 Å². The van der Waals surface area contributed by atoms with Gasteiger partial charge in [-0.2, -0.15) is 0 Å². The van der Waals surface area contributed by atoms with E-state index < -0.39 is 0 Å². The topological polar surface area (TPSA) is 3.24 Å². The lowest BCUT2D eigenvalue weighted by molar-refractivity contribution is 1.28. The first-order valence-corrected chi connectivity index (χ1v) is 17.5. The van der Waals surface area contributed by atoms with Crippen molar-refractivity contribution < 1.29 is 0 Å². The van der Waals surface area contributed by atoms with Crippen molar-refractivity contribution in [1.29, 1.82) is 0 Å². The van der Waals surface area contributed by atoms with Gasteiger partial charge in [-0.1, -0.05) is 176 Å². The minimum atomic E-state index is 1.10. The SMILES string of the molecule is c1ccc(-c2ccc(-c3cccc(N(c4ccccc4)c4cccc(-c5ccccc5)c4)c3-c3cc4ccccc4c4ccccc34)cc2)cc1. The Labute approximate surface area is 299 Å². The van der Waals surface area contributed by atoms with E-state index in [-0.39, 0.29) is 0 Å². The van der Waals surface area contributed by atoms with Gasteiger partial charge in [-0.3, -0.25) is 0 Å². The number of rotatable bonds is 7. The average Bonchev–Trinajstić information content (AvgIpc) is 3.22. The van der Waals surface area contributed by atoms with Crippen molar-refractivity contribution in [1.82, 2.24) is 0 Å². The van der Waals surface area contributed by atoms with Crippen LogP contribution in [0, 0.1) is 0 Å². The minimum Gasteiger partial charge on any atom is -0.310 e. The first-order valence-electron chi connectivity index (χ1n) is 17.5. The van der Waals surface area contributed by atoms with Gasteiger partial charge in [0.1, 0.15) is 0 Å². The molecule has 0 fully saturated rings. The van der Waals surface area contributed by atoms with Gasteiger partial charge < -0.3 is 4.90 Å². The minimum absolute atomic E-state index is 1.10. The van der Waals surface area contributed by atoms with Crippen LogP contribution in [0.5, 0.6) is 0 Å². The predicted octanol–water partition coefficient (Wildman–Crippen LogP) is 14.1. The van der Waals surface area contributed by atoms with Crippen molar-refractivity contribution in [2.24, 2.45) is 0 Å². The van der Waals surface area contributed by atoms with Gasteiger partial charge in [0, 0.05) is 16.9 Å². The molecule has 9 aromatic rings. The summed E-state index contributed by atoms with van der Waals surface area (Å²) in [5, 5.41) is 4.97. The van der Waals surface area contributed by atoms with Gasteiger partial charge in [-0.25, -0.2) is 0 Å². The second-order valence-corrected chi connectivity index (χ2v) is 12.9. The Bertz CT molecular complexity index is 2610. The molecular formula is C50H35N. The standard InChI is InChI=1S/C50H35N/c1-4-16-36(17-5-1)38-30-32-39(33-31-38)45-28-15-29-49(50(45)48-35-41-20-10-11-25-44(41)46-26-12-13-27-47(46)48)51(42-22-8-3-9-23-42)43-24-14-21-40(34-43)37-18-6-2-7-19-37/h1-35H. The van der Waals surface area contributed by atoms with E-state index in [1.807, 2.05) is 0 Å². The number of para-hydroxylation sites is 1. The van der Waals surface area contributed by atoms with Crippen molar-refractivity contribution >= 4 is 38.6 Å². The van der Waals surface area contributed by atoms with E-state index >= 15 is 0 Å². The van der Waals surface area contributed by atoms with Crippen molar-refractivity contribution in [3.63, 3.8) is 0 Å². The Balaban J connectivity index is 1.34. The van der Waals surface area contributed by atoms with E-state index in [1.54, 1.807) is 0 Å². The first-order chi connectivity index (χ1) is 25.3. The summed E-state index contributed by atoms with van der Waals surface area (Å²) in [6.07, 6.45) is 0. The third-order valence-corrected chi connectivity index (χ3v) is 9.85. The van der Waals surface area contributed by atoms with Gasteiger partial charge in [0.15, 0.2) is 0 Å². The van der Waals surface area contributed by atoms with Gasteiger partial charge in [0.2, 0.25) is 0 Å². The Kier molecular flexibility index (Phi) is 7.92. The van der Waals surface area contributed by atoms with Crippen molar-refractivity contribution in [2.45, 2.75) is 0 Å². The maximum Gasteiger partial charge on any atom is 0.0546 e. The molecule has 0 aliphatic rings. The molecule has 0 saturated carbocycles. The highest BCUT2D eigenvalue weighted by molar-refractivity contribution is 6.16. The average molecular weight is 650 g/mol. The van der Waals surface area contributed by atoms with E-state index in [9.17, 15) is 0 Å². The normalized spacial score (nSPS) is 11.1. The number of nitrogens with zero attached hydrogens (tertiary/aromatic N) is 1. The maximum absolute atomic E-state index is 2.42. The third kappa shape index (κ3) is 5.75. The van der Waals surface area contributed by atoms with E-state index in [0.717, 1.165) is 17.1 Å². The smallest absolute Gasteiger partial charge is 0.0546 e. The zero-order chi connectivity index (χ0) is 34.0. The summed E-state index contributed by atoms with van der Waals surface area (Å²) < 4.78 is 0. The zero-order valence-corrected chi connectivity index (χ0v) is 28.2. The molecule has 9 rings (SSSR count). The molecule has 0 bridgehead atoms. The summed E-state index contributed by atoms with van der Waals surface area (Å²) in [7, 11) is 0. The lowest BCUT2D eigenvalue weighted by Gasteiger charge is -2.30. The molecule has 0 saturated heterocycles. The molecule has 1 nitrogen and oxygen atoms in total. The highest BCUT2D eigenvalue weighted by atomic mass is 15.1. The summed E-state index contributed by atoms with van der Waals surface area (Å²) in [5.74, 6) is 0. The number of hydrogen-bond acceptors (Lipinski definition) is 1. The van der Waals surface area contributed by atoms with Crippen molar-refractivity contribution in [2.75, 3.05) is 4.90 Å². The number of anilines is 3. The second kappa shape index (κ2) is 13.3. The molecule has 0 aliphatic heterocycles. The van der Waals surface area contributed by atoms with Crippen LogP contribution < -0.4 is 4.90 Å². The summed E-state index contributed by atoms with van der Waals surface area (Å²) in [6.45, 7) is 0. The van der Waals surface area contributed by atoms with Crippen LogP contribution in [0.4, 0.5) is 17.1 Å². The number of benzene rings is 9. The quantitative estimate of drug-likeness (QED) is 0.155. The first kappa shape index (κ1) is 30.4. The summed E-state index contributed by atoms with van der Waals surface area (Å²) >= 11 is 0. The summed E-state index contributed by atoms with van der Waals surface area (Å²) in [4.78, 5) is 2.42. The fourth-order valence-electron chi connectivity index (χ4n) is 7.44. The molecular weight excluding hydrogens is 615 g/mol. The van der Waals surface area contributed by atoms with Crippen molar-refractivity contribution in [3.05, 3.63) is 212 Å². The molecule has 0 amide bonds.